The van der Waals surface area contributed by atoms with Gasteiger partial charge in [0, 0.05) is 23.0 Å². The zero-order valence-electron chi connectivity index (χ0n) is 9.66. The number of aromatic amines is 1. The second-order valence-electron chi connectivity index (χ2n) is 4.80. The van der Waals surface area contributed by atoms with E-state index >= 15 is 0 Å². The fourth-order valence-electron chi connectivity index (χ4n) is 2.76. The van der Waals surface area contributed by atoms with E-state index in [2.05, 4.69) is 48.4 Å². The highest BCUT2D eigenvalue weighted by atomic mass is 14.7. The van der Waals surface area contributed by atoms with Crippen LogP contribution in [0.5, 0.6) is 0 Å². The van der Waals surface area contributed by atoms with Crippen molar-refractivity contribution in [2.24, 2.45) is 0 Å². The highest BCUT2D eigenvalue weighted by molar-refractivity contribution is 5.83. The van der Waals surface area contributed by atoms with Crippen molar-refractivity contribution in [3.8, 4) is 0 Å². The van der Waals surface area contributed by atoms with Crippen LogP contribution in [-0.4, -0.2) is 4.98 Å². The molecule has 1 aromatic carbocycles. The van der Waals surface area contributed by atoms with Crippen LogP contribution in [-0.2, 0) is 0 Å². The van der Waals surface area contributed by atoms with Gasteiger partial charge >= 0.3 is 0 Å². The number of hydrogen-bond acceptors (Lipinski definition) is 0. The second kappa shape index (κ2) is 3.82. The van der Waals surface area contributed by atoms with Crippen LogP contribution in [0.25, 0.3) is 10.9 Å². The molecule has 82 valence electrons. The van der Waals surface area contributed by atoms with Gasteiger partial charge in [-0.3, -0.25) is 0 Å². The predicted molar refractivity (Wildman–Crippen MR) is 68.6 cm³/mol. The van der Waals surface area contributed by atoms with Crippen molar-refractivity contribution in [2.75, 3.05) is 0 Å². The first-order valence-electron chi connectivity index (χ1n) is 6.08. The summed E-state index contributed by atoms with van der Waals surface area (Å²) in [6.45, 7) is 2.25. The number of hydrogen-bond donors (Lipinski definition) is 1. The standard InChI is InChI=1S/C15H17N/c1-11-5-4-6-12(9-11)14-10-16-15-8-3-2-7-13(14)15/h2-3,7-10,12,16H,4-6H2,1H3. The van der Waals surface area contributed by atoms with Gasteiger partial charge in [-0.2, -0.15) is 0 Å². The lowest BCUT2D eigenvalue weighted by Crippen LogP contribution is -2.01. The third kappa shape index (κ3) is 1.57. The maximum Gasteiger partial charge on any atom is 0.0457 e. The van der Waals surface area contributed by atoms with Crippen LogP contribution >= 0.6 is 0 Å². The van der Waals surface area contributed by atoms with Crippen LogP contribution in [0.1, 0.15) is 37.7 Å². The molecular formula is C15H17N. The van der Waals surface area contributed by atoms with E-state index < -0.39 is 0 Å². The van der Waals surface area contributed by atoms with E-state index in [9.17, 15) is 0 Å². The van der Waals surface area contributed by atoms with Crippen molar-refractivity contribution < 1.29 is 0 Å². The normalized spacial score (nSPS) is 21.1. The molecule has 1 aliphatic rings. The maximum atomic E-state index is 3.37. The first-order chi connectivity index (χ1) is 7.84. The number of para-hydroxylation sites is 1. The molecule has 1 heterocycles. The number of allylic oxidation sites excluding steroid dienone is 2. The van der Waals surface area contributed by atoms with E-state index in [1.165, 1.54) is 35.7 Å². The maximum absolute atomic E-state index is 3.37. The van der Waals surface area contributed by atoms with Gasteiger partial charge in [-0.15, -0.1) is 0 Å². The molecule has 0 aliphatic heterocycles. The molecule has 2 aromatic rings. The molecule has 1 aliphatic carbocycles. The number of H-pyrrole nitrogens is 1. The summed E-state index contributed by atoms with van der Waals surface area (Å²) in [5.74, 6) is 0.616. The van der Waals surface area contributed by atoms with Crippen molar-refractivity contribution in [1.82, 2.24) is 4.98 Å². The Balaban J connectivity index is 2.09. The van der Waals surface area contributed by atoms with Crippen LogP contribution in [0.2, 0.25) is 0 Å². The molecule has 0 radical (unpaired) electrons. The molecule has 1 nitrogen and oxygen atoms in total. The van der Waals surface area contributed by atoms with Gasteiger partial charge in [-0.1, -0.05) is 29.8 Å². The third-order valence-electron chi connectivity index (χ3n) is 3.59. The van der Waals surface area contributed by atoms with Crippen LogP contribution in [0.15, 0.2) is 42.1 Å². The van der Waals surface area contributed by atoms with Crippen molar-refractivity contribution >= 4 is 10.9 Å². The molecule has 16 heavy (non-hydrogen) atoms. The van der Waals surface area contributed by atoms with Crippen molar-refractivity contribution in [2.45, 2.75) is 32.1 Å². The molecule has 1 heteroatoms. The Hall–Kier alpha value is -1.50. The lowest BCUT2D eigenvalue weighted by atomic mass is 9.86. The van der Waals surface area contributed by atoms with Gasteiger partial charge in [0.15, 0.2) is 0 Å². The number of aromatic nitrogens is 1. The predicted octanol–water partition coefficient (Wildman–Crippen LogP) is 4.38. The number of fused-ring (bicyclic) bond motifs is 1. The Morgan fingerprint density at radius 2 is 2.12 bits per heavy atom. The Kier molecular flexibility index (Phi) is 2.32. The van der Waals surface area contributed by atoms with Gasteiger partial charge in [0.25, 0.3) is 0 Å². The largest absolute Gasteiger partial charge is 0.361 e. The SMILES string of the molecule is CC1=CC(c2c[nH]c3ccccc23)CCC1. The monoisotopic (exact) mass is 211 g/mol. The number of nitrogens with one attached hydrogen (secondary N) is 1. The molecule has 0 amide bonds. The minimum Gasteiger partial charge on any atom is -0.361 e. The van der Waals surface area contributed by atoms with E-state index in [1.54, 1.807) is 5.57 Å². The van der Waals surface area contributed by atoms with E-state index in [0.29, 0.717) is 5.92 Å². The zero-order valence-corrected chi connectivity index (χ0v) is 9.66. The fraction of sp³-hybridized carbons (Fsp3) is 0.333. The van der Waals surface area contributed by atoms with E-state index in [-0.39, 0.29) is 0 Å². The Bertz CT molecular complexity index is 533. The van der Waals surface area contributed by atoms with E-state index in [1.807, 2.05) is 0 Å². The molecule has 0 saturated carbocycles. The summed E-state index contributed by atoms with van der Waals surface area (Å²) in [7, 11) is 0. The number of rotatable bonds is 1. The smallest absolute Gasteiger partial charge is 0.0457 e. The molecule has 0 bridgehead atoms. The Morgan fingerprint density at radius 1 is 1.25 bits per heavy atom. The summed E-state index contributed by atoms with van der Waals surface area (Å²) in [6, 6.07) is 8.58. The van der Waals surface area contributed by atoms with E-state index in [4.69, 9.17) is 0 Å². The van der Waals surface area contributed by atoms with Gasteiger partial charge in [-0.05, 0) is 37.8 Å². The molecule has 3 rings (SSSR count). The average Bonchev–Trinajstić information content (AvgIpc) is 2.72. The summed E-state index contributed by atoms with van der Waals surface area (Å²) >= 11 is 0. The lowest BCUT2D eigenvalue weighted by Gasteiger charge is -2.18. The Labute approximate surface area is 96.2 Å². The minimum absolute atomic E-state index is 0.616. The third-order valence-corrected chi connectivity index (χ3v) is 3.59. The van der Waals surface area contributed by atoms with Crippen molar-refractivity contribution in [3.05, 3.63) is 47.7 Å². The molecule has 1 atom stereocenters. The van der Waals surface area contributed by atoms with Gasteiger partial charge in [0.1, 0.15) is 0 Å². The lowest BCUT2D eigenvalue weighted by molar-refractivity contribution is 0.636. The molecule has 1 N–H and O–H groups in total. The van der Waals surface area contributed by atoms with Crippen LogP contribution < -0.4 is 0 Å². The molecule has 0 fully saturated rings. The van der Waals surface area contributed by atoms with Crippen LogP contribution in [0.3, 0.4) is 0 Å². The van der Waals surface area contributed by atoms with Gasteiger partial charge in [0.05, 0.1) is 0 Å². The quantitative estimate of drug-likeness (QED) is 0.674. The number of benzene rings is 1. The molecular weight excluding hydrogens is 194 g/mol. The van der Waals surface area contributed by atoms with Gasteiger partial charge in [0.2, 0.25) is 0 Å². The molecule has 0 spiro atoms. The summed E-state index contributed by atoms with van der Waals surface area (Å²) in [5, 5.41) is 1.39. The highest BCUT2D eigenvalue weighted by Gasteiger charge is 2.16. The average molecular weight is 211 g/mol. The fourth-order valence-corrected chi connectivity index (χ4v) is 2.76. The summed E-state index contributed by atoms with van der Waals surface area (Å²) < 4.78 is 0. The molecule has 0 saturated heterocycles. The first-order valence-corrected chi connectivity index (χ1v) is 6.08. The zero-order chi connectivity index (χ0) is 11.0. The summed E-state index contributed by atoms with van der Waals surface area (Å²) in [4.78, 5) is 3.37. The van der Waals surface area contributed by atoms with Gasteiger partial charge < -0.3 is 4.98 Å². The first kappa shape index (κ1) is 9.71. The Morgan fingerprint density at radius 3 is 3.00 bits per heavy atom. The van der Waals surface area contributed by atoms with Crippen molar-refractivity contribution in [3.63, 3.8) is 0 Å². The minimum atomic E-state index is 0.616. The topological polar surface area (TPSA) is 15.8 Å². The summed E-state index contributed by atoms with van der Waals surface area (Å²) in [5.41, 5.74) is 4.27. The second-order valence-corrected chi connectivity index (χ2v) is 4.80. The van der Waals surface area contributed by atoms with Crippen LogP contribution in [0.4, 0.5) is 0 Å². The van der Waals surface area contributed by atoms with Crippen LogP contribution in [0, 0.1) is 0 Å². The molecule has 1 unspecified atom stereocenters. The van der Waals surface area contributed by atoms with E-state index in [0.717, 1.165) is 0 Å². The highest BCUT2D eigenvalue weighted by Crippen LogP contribution is 2.34. The van der Waals surface area contributed by atoms with Crippen molar-refractivity contribution in [1.29, 1.82) is 0 Å². The molecule has 1 aromatic heterocycles. The van der Waals surface area contributed by atoms with Gasteiger partial charge in [-0.25, -0.2) is 0 Å². The summed E-state index contributed by atoms with van der Waals surface area (Å²) in [6.07, 6.45) is 8.52.